The van der Waals surface area contributed by atoms with E-state index in [-0.39, 0.29) is 0 Å². The second kappa shape index (κ2) is 4.23. The Balaban J connectivity index is 2.52. The summed E-state index contributed by atoms with van der Waals surface area (Å²) >= 11 is 0. The van der Waals surface area contributed by atoms with Crippen molar-refractivity contribution in [2.24, 2.45) is 5.73 Å². The molecule has 0 bridgehead atoms. The van der Waals surface area contributed by atoms with Gasteiger partial charge in [-0.2, -0.15) is 5.10 Å². The van der Waals surface area contributed by atoms with Crippen LogP contribution in [0.3, 0.4) is 0 Å². The van der Waals surface area contributed by atoms with E-state index in [9.17, 15) is 0 Å². The molecular formula is C8H16N4. The van der Waals surface area contributed by atoms with Crippen molar-refractivity contribution in [1.29, 1.82) is 0 Å². The average Bonchev–Trinajstić information content (AvgIpc) is 2.36. The summed E-state index contributed by atoms with van der Waals surface area (Å²) in [6.07, 6.45) is 3.92. The molecule has 12 heavy (non-hydrogen) atoms. The average molecular weight is 168 g/mol. The third kappa shape index (κ3) is 2.64. The first kappa shape index (κ1) is 9.22. The Kier molecular flexibility index (Phi) is 3.25. The molecule has 0 atom stereocenters. The number of hydrogen-bond acceptors (Lipinski definition) is 3. The second-order valence-corrected chi connectivity index (χ2v) is 3.14. The quantitative estimate of drug-likeness (QED) is 0.683. The molecule has 1 rings (SSSR count). The molecule has 0 aromatic carbocycles. The van der Waals surface area contributed by atoms with E-state index in [1.165, 1.54) is 5.56 Å². The Labute approximate surface area is 73.0 Å². The molecule has 0 spiro atoms. The van der Waals surface area contributed by atoms with Gasteiger partial charge in [-0.1, -0.05) is 0 Å². The summed E-state index contributed by atoms with van der Waals surface area (Å²) in [5.41, 5.74) is 6.63. The van der Waals surface area contributed by atoms with Crippen LogP contribution in [0.25, 0.3) is 0 Å². The van der Waals surface area contributed by atoms with Crippen molar-refractivity contribution >= 4 is 0 Å². The van der Waals surface area contributed by atoms with Crippen molar-refractivity contribution in [1.82, 2.24) is 14.7 Å². The number of nitrogens with two attached hydrogens (primary N) is 1. The van der Waals surface area contributed by atoms with Gasteiger partial charge in [0.15, 0.2) is 0 Å². The molecule has 0 fully saturated rings. The first-order chi connectivity index (χ1) is 5.72. The van der Waals surface area contributed by atoms with Gasteiger partial charge in [0.25, 0.3) is 0 Å². The number of rotatable bonds is 4. The monoisotopic (exact) mass is 168 g/mol. The summed E-state index contributed by atoms with van der Waals surface area (Å²) < 4.78 is 1.87. The molecule has 0 aliphatic rings. The lowest BCUT2D eigenvalue weighted by molar-refractivity contribution is 0.402. The van der Waals surface area contributed by atoms with Crippen LogP contribution in [0.15, 0.2) is 12.4 Å². The van der Waals surface area contributed by atoms with Gasteiger partial charge in [0.1, 0.15) is 0 Å². The smallest absolute Gasteiger partial charge is 0.0534 e. The van der Waals surface area contributed by atoms with Crippen LogP contribution >= 0.6 is 0 Å². The fraction of sp³-hybridized carbons (Fsp3) is 0.625. The van der Waals surface area contributed by atoms with Gasteiger partial charge in [0, 0.05) is 24.8 Å². The Morgan fingerprint density at radius 2 is 2.33 bits per heavy atom. The zero-order chi connectivity index (χ0) is 8.97. The largest absolute Gasteiger partial charge is 0.329 e. The van der Waals surface area contributed by atoms with Gasteiger partial charge in [-0.15, -0.1) is 0 Å². The number of nitrogens with zero attached hydrogens (tertiary/aromatic N) is 3. The van der Waals surface area contributed by atoms with Crippen LogP contribution in [-0.4, -0.2) is 35.3 Å². The molecule has 1 aromatic heterocycles. The minimum atomic E-state index is 0.642. The highest BCUT2D eigenvalue weighted by Gasteiger charge is 1.98. The van der Waals surface area contributed by atoms with Gasteiger partial charge >= 0.3 is 0 Å². The zero-order valence-corrected chi connectivity index (χ0v) is 7.70. The fourth-order valence-corrected chi connectivity index (χ4v) is 1.11. The van der Waals surface area contributed by atoms with E-state index in [2.05, 4.69) is 10.00 Å². The molecule has 68 valence electrons. The van der Waals surface area contributed by atoms with Crippen molar-refractivity contribution in [2.45, 2.75) is 13.1 Å². The zero-order valence-electron chi connectivity index (χ0n) is 7.70. The molecule has 0 aliphatic heterocycles. The Hall–Kier alpha value is -0.870. The molecule has 1 aromatic rings. The van der Waals surface area contributed by atoms with E-state index >= 15 is 0 Å². The molecule has 4 heteroatoms. The molecule has 2 N–H and O–H groups in total. The van der Waals surface area contributed by atoms with Gasteiger partial charge in [-0.05, 0) is 14.1 Å². The van der Waals surface area contributed by atoms with E-state index in [1.807, 2.05) is 31.2 Å². The van der Waals surface area contributed by atoms with Gasteiger partial charge < -0.3 is 10.6 Å². The van der Waals surface area contributed by atoms with Crippen LogP contribution in [0.5, 0.6) is 0 Å². The molecule has 0 saturated heterocycles. The lowest BCUT2D eigenvalue weighted by atomic mass is 10.3. The maximum Gasteiger partial charge on any atom is 0.0534 e. The summed E-state index contributed by atoms with van der Waals surface area (Å²) in [6, 6.07) is 0. The standard InChI is InChI=1S/C8H16N4/c1-11(2)6-8-5-10-12(7-8)4-3-9/h5,7H,3-4,6,9H2,1-2H3. The maximum absolute atomic E-state index is 5.40. The first-order valence-electron chi connectivity index (χ1n) is 4.08. The fourth-order valence-electron chi connectivity index (χ4n) is 1.11. The normalized spacial score (nSPS) is 11.0. The molecule has 0 amide bonds. The van der Waals surface area contributed by atoms with Gasteiger partial charge in [0.05, 0.1) is 12.7 Å². The topological polar surface area (TPSA) is 47.1 Å². The van der Waals surface area contributed by atoms with Crippen molar-refractivity contribution in [3.8, 4) is 0 Å². The molecule has 1 heterocycles. The van der Waals surface area contributed by atoms with Crippen LogP contribution in [0.1, 0.15) is 5.56 Å². The Bertz CT molecular complexity index is 229. The predicted octanol–water partition coefficient (Wildman–Crippen LogP) is -0.0966. The Morgan fingerprint density at radius 1 is 1.58 bits per heavy atom. The van der Waals surface area contributed by atoms with Crippen LogP contribution in [-0.2, 0) is 13.1 Å². The molecular weight excluding hydrogens is 152 g/mol. The summed E-state index contributed by atoms with van der Waals surface area (Å²) in [4.78, 5) is 2.11. The highest BCUT2D eigenvalue weighted by atomic mass is 15.3. The predicted molar refractivity (Wildman–Crippen MR) is 48.7 cm³/mol. The van der Waals surface area contributed by atoms with Crippen LogP contribution in [0.2, 0.25) is 0 Å². The van der Waals surface area contributed by atoms with Crippen LogP contribution in [0, 0.1) is 0 Å². The molecule has 0 saturated carbocycles. The highest BCUT2D eigenvalue weighted by molar-refractivity contribution is 5.03. The van der Waals surface area contributed by atoms with E-state index in [0.29, 0.717) is 6.54 Å². The first-order valence-corrected chi connectivity index (χ1v) is 4.08. The second-order valence-electron chi connectivity index (χ2n) is 3.14. The molecule has 4 nitrogen and oxygen atoms in total. The minimum absolute atomic E-state index is 0.642. The molecule has 0 aliphatic carbocycles. The molecule has 0 unspecified atom stereocenters. The minimum Gasteiger partial charge on any atom is -0.329 e. The van der Waals surface area contributed by atoms with E-state index < -0.39 is 0 Å². The third-order valence-corrected chi connectivity index (χ3v) is 1.54. The number of aromatic nitrogens is 2. The van der Waals surface area contributed by atoms with Crippen LogP contribution < -0.4 is 5.73 Å². The third-order valence-electron chi connectivity index (χ3n) is 1.54. The lowest BCUT2D eigenvalue weighted by Crippen LogP contribution is -2.11. The van der Waals surface area contributed by atoms with E-state index in [1.54, 1.807) is 0 Å². The van der Waals surface area contributed by atoms with Gasteiger partial charge in [-0.3, -0.25) is 4.68 Å². The summed E-state index contributed by atoms with van der Waals surface area (Å²) in [6.45, 7) is 2.38. The van der Waals surface area contributed by atoms with Crippen molar-refractivity contribution in [3.63, 3.8) is 0 Å². The number of hydrogen-bond donors (Lipinski definition) is 1. The van der Waals surface area contributed by atoms with E-state index in [4.69, 9.17) is 5.73 Å². The summed E-state index contributed by atoms with van der Waals surface area (Å²) in [5.74, 6) is 0. The maximum atomic E-state index is 5.40. The summed E-state index contributed by atoms with van der Waals surface area (Å²) in [5, 5.41) is 4.17. The Morgan fingerprint density at radius 3 is 2.92 bits per heavy atom. The van der Waals surface area contributed by atoms with Crippen molar-refractivity contribution in [2.75, 3.05) is 20.6 Å². The van der Waals surface area contributed by atoms with Gasteiger partial charge in [-0.25, -0.2) is 0 Å². The highest BCUT2D eigenvalue weighted by Crippen LogP contribution is 1.99. The SMILES string of the molecule is CN(C)Cc1cnn(CCN)c1. The molecule has 0 radical (unpaired) electrons. The summed E-state index contributed by atoms with van der Waals surface area (Å²) in [7, 11) is 4.08. The van der Waals surface area contributed by atoms with Gasteiger partial charge in [0.2, 0.25) is 0 Å². The van der Waals surface area contributed by atoms with Crippen LogP contribution in [0.4, 0.5) is 0 Å². The lowest BCUT2D eigenvalue weighted by Gasteiger charge is -2.05. The van der Waals surface area contributed by atoms with E-state index in [0.717, 1.165) is 13.1 Å². The van der Waals surface area contributed by atoms with Crippen molar-refractivity contribution < 1.29 is 0 Å². The van der Waals surface area contributed by atoms with Crippen molar-refractivity contribution in [3.05, 3.63) is 18.0 Å².